The predicted octanol–water partition coefficient (Wildman–Crippen LogP) is 1.37. The number of ether oxygens (including phenoxy) is 1. The van der Waals surface area contributed by atoms with E-state index in [-0.39, 0.29) is 0 Å². The number of hydrogen-bond donors (Lipinski definition) is 2. The van der Waals surface area contributed by atoms with E-state index in [9.17, 15) is 4.79 Å². The molecule has 1 aromatic rings. The molecule has 1 aromatic carbocycles. The van der Waals surface area contributed by atoms with Crippen molar-refractivity contribution in [2.75, 3.05) is 25.4 Å². The highest BCUT2D eigenvalue weighted by Gasteiger charge is 2.19. The van der Waals surface area contributed by atoms with Crippen molar-refractivity contribution in [3.63, 3.8) is 0 Å². The van der Waals surface area contributed by atoms with Crippen LogP contribution in [-0.2, 0) is 11.3 Å². The molecule has 5 nitrogen and oxygen atoms in total. The molecule has 0 atom stereocenters. The van der Waals surface area contributed by atoms with E-state index in [1.54, 1.807) is 12.1 Å². The molecular formula is C15H23N3O2. The number of likely N-dealkylation sites (tertiary alicyclic amines) is 1. The average molecular weight is 277 g/mol. The smallest absolute Gasteiger partial charge is 0.248 e. The van der Waals surface area contributed by atoms with Crippen LogP contribution >= 0.6 is 0 Å². The Hall–Kier alpha value is -1.59. The van der Waals surface area contributed by atoms with Gasteiger partial charge in [0.05, 0.1) is 6.10 Å². The molecule has 1 amide bonds. The summed E-state index contributed by atoms with van der Waals surface area (Å²) in [5, 5.41) is 0. The molecule has 20 heavy (non-hydrogen) atoms. The monoisotopic (exact) mass is 277 g/mol. The fourth-order valence-electron chi connectivity index (χ4n) is 2.60. The van der Waals surface area contributed by atoms with Gasteiger partial charge < -0.3 is 16.2 Å². The van der Waals surface area contributed by atoms with E-state index in [2.05, 4.69) is 4.90 Å². The Bertz CT molecular complexity index is 468. The van der Waals surface area contributed by atoms with Crippen molar-refractivity contribution in [3.05, 3.63) is 29.3 Å². The number of nitrogen functional groups attached to an aromatic ring is 1. The minimum atomic E-state index is -0.444. The zero-order valence-corrected chi connectivity index (χ0v) is 12.0. The van der Waals surface area contributed by atoms with Crippen molar-refractivity contribution in [2.45, 2.75) is 32.4 Å². The van der Waals surface area contributed by atoms with Crippen LogP contribution in [0.5, 0.6) is 0 Å². The van der Waals surface area contributed by atoms with Gasteiger partial charge in [-0.25, -0.2) is 0 Å². The summed E-state index contributed by atoms with van der Waals surface area (Å²) in [6.45, 7) is 5.66. The lowest BCUT2D eigenvalue weighted by molar-refractivity contribution is 0.0125. The Labute approximate surface area is 119 Å². The number of hydrogen-bond acceptors (Lipinski definition) is 4. The number of carbonyl (C=O) groups is 1. The van der Waals surface area contributed by atoms with E-state index >= 15 is 0 Å². The first-order chi connectivity index (χ1) is 9.60. The Balaban J connectivity index is 1.93. The topological polar surface area (TPSA) is 81.6 Å². The Morgan fingerprint density at radius 1 is 1.40 bits per heavy atom. The van der Waals surface area contributed by atoms with Gasteiger partial charge in [0.2, 0.25) is 5.91 Å². The molecular weight excluding hydrogens is 254 g/mol. The van der Waals surface area contributed by atoms with Gasteiger partial charge in [0.15, 0.2) is 0 Å². The lowest BCUT2D eigenvalue weighted by Gasteiger charge is -2.32. The van der Waals surface area contributed by atoms with E-state index in [1.807, 2.05) is 13.0 Å². The van der Waals surface area contributed by atoms with Gasteiger partial charge in [-0.05, 0) is 37.5 Å². The maximum absolute atomic E-state index is 11.1. The zero-order chi connectivity index (χ0) is 14.5. The molecule has 0 radical (unpaired) electrons. The molecule has 1 aliphatic heterocycles. The molecule has 110 valence electrons. The molecule has 0 spiro atoms. The Morgan fingerprint density at radius 3 is 2.65 bits per heavy atom. The number of nitrogens with two attached hydrogens (primary N) is 2. The fourth-order valence-corrected chi connectivity index (χ4v) is 2.60. The SMILES string of the molecule is CCOC1CCN(Cc2ccc(C(N)=O)cc2N)CC1. The number of benzene rings is 1. The quantitative estimate of drug-likeness (QED) is 0.796. The third kappa shape index (κ3) is 3.71. The summed E-state index contributed by atoms with van der Waals surface area (Å²) in [5.41, 5.74) is 13.4. The summed E-state index contributed by atoms with van der Waals surface area (Å²) in [6, 6.07) is 5.29. The van der Waals surface area contributed by atoms with Crippen molar-refractivity contribution in [3.8, 4) is 0 Å². The molecule has 1 heterocycles. The number of nitrogens with zero attached hydrogens (tertiary/aromatic N) is 1. The largest absolute Gasteiger partial charge is 0.398 e. The van der Waals surface area contributed by atoms with Crippen LogP contribution < -0.4 is 11.5 Å². The lowest BCUT2D eigenvalue weighted by atomic mass is 10.0. The summed E-state index contributed by atoms with van der Waals surface area (Å²) in [7, 11) is 0. The molecule has 5 heteroatoms. The number of amides is 1. The van der Waals surface area contributed by atoms with E-state index in [1.165, 1.54) is 0 Å². The van der Waals surface area contributed by atoms with Crippen LogP contribution in [0, 0.1) is 0 Å². The van der Waals surface area contributed by atoms with Gasteiger partial charge in [-0.3, -0.25) is 9.69 Å². The lowest BCUT2D eigenvalue weighted by Crippen LogP contribution is -2.36. The first-order valence-electron chi connectivity index (χ1n) is 7.12. The Kier molecular flexibility index (Phi) is 4.98. The molecule has 4 N–H and O–H groups in total. The Morgan fingerprint density at radius 2 is 2.10 bits per heavy atom. The van der Waals surface area contributed by atoms with Gasteiger partial charge in [-0.1, -0.05) is 6.07 Å². The molecule has 0 bridgehead atoms. The van der Waals surface area contributed by atoms with E-state index in [4.69, 9.17) is 16.2 Å². The first kappa shape index (κ1) is 14.8. The van der Waals surface area contributed by atoms with Crippen molar-refractivity contribution >= 4 is 11.6 Å². The fraction of sp³-hybridized carbons (Fsp3) is 0.533. The second kappa shape index (κ2) is 6.72. The molecule has 0 saturated carbocycles. The number of primary amides is 1. The van der Waals surface area contributed by atoms with Gasteiger partial charge in [0.1, 0.15) is 0 Å². The minimum Gasteiger partial charge on any atom is -0.398 e. The second-order valence-electron chi connectivity index (χ2n) is 5.21. The van der Waals surface area contributed by atoms with E-state index in [0.717, 1.165) is 44.6 Å². The summed E-state index contributed by atoms with van der Waals surface area (Å²) in [5.74, 6) is -0.444. The standard InChI is InChI=1S/C15H23N3O2/c1-2-20-13-5-7-18(8-6-13)10-12-4-3-11(15(17)19)9-14(12)16/h3-4,9,13H,2,5-8,10,16H2,1H3,(H2,17,19). The molecule has 0 aromatic heterocycles. The third-order valence-corrected chi connectivity index (χ3v) is 3.76. The van der Waals surface area contributed by atoms with E-state index in [0.29, 0.717) is 17.4 Å². The van der Waals surface area contributed by atoms with Crippen LogP contribution in [0.25, 0.3) is 0 Å². The maximum Gasteiger partial charge on any atom is 0.248 e. The number of rotatable bonds is 5. The molecule has 0 aliphatic carbocycles. The highest BCUT2D eigenvalue weighted by Crippen LogP contribution is 2.20. The number of anilines is 1. The normalized spacial score (nSPS) is 17.2. The summed E-state index contributed by atoms with van der Waals surface area (Å²) in [4.78, 5) is 13.5. The van der Waals surface area contributed by atoms with Gasteiger partial charge in [-0.15, -0.1) is 0 Å². The van der Waals surface area contributed by atoms with Crippen molar-refractivity contribution in [1.82, 2.24) is 4.90 Å². The van der Waals surface area contributed by atoms with Crippen molar-refractivity contribution < 1.29 is 9.53 Å². The van der Waals surface area contributed by atoms with Gasteiger partial charge in [-0.2, -0.15) is 0 Å². The predicted molar refractivity (Wildman–Crippen MR) is 79.3 cm³/mol. The number of piperidine rings is 1. The average Bonchev–Trinajstić information content (AvgIpc) is 2.43. The van der Waals surface area contributed by atoms with Crippen LogP contribution in [0.4, 0.5) is 5.69 Å². The molecule has 2 rings (SSSR count). The third-order valence-electron chi connectivity index (χ3n) is 3.76. The zero-order valence-electron chi connectivity index (χ0n) is 12.0. The highest BCUT2D eigenvalue weighted by molar-refractivity contribution is 5.93. The minimum absolute atomic E-state index is 0.394. The van der Waals surface area contributed by atoms with Crippen LogP contribution in [0.15, 0.2) is 18.2 Å². The summed E-state index contributed by atoms with van der Waals surface area (Å²) < 4.78 is 5.64. The van der Waals surface area contributed by atoms with Crippen LogP contribution in [0.3, 0.4) is 0 Å². The molecule has 1 aliphatic rings. The second-order valence-corrected chi connectivity index (χ2v) is 5.21. The van der Waals surface area contributed by atoms with Gasteiger partial charge in [0, 0.05) is 37.5 Å². The van der Waals surface area contributed by atoms with Crippen LogP contribution in [0.2, 0.25) is 0 Å². The summed E-state index contributed by atoms with van der Waals surface area (Å²) in [6.07, 6.45) is 2.52. The van der Waals surface area contributed by atoms with Crippen molar-refractivity contribution in [2.24, 2.45) is 5.73 Å². The highest BCUT2D eigenvalue weighted by atomic mass is 16.5. The first-order valence-corrected chi connectivity index (χ1v) is 7.12. The van der Waals surface area contributed by atoms with Crippen molar-refractivity contribution in [1.29, 1.82) is 0 Å². The molecule has 1 saturated heterocycles. The maximum atomic E-state index is 11.1. The summed E-state index contributed by atoms with van der Waals surface area (Å²) >= 11 is 0. The molecule has 0 unspecified atom stereocenters. The van der Waals surface area contributed by atoms with Crippen LogP contribution in [0.1, 0.15) is 35.7 Å². The van der Waals surface area contributed by atoms with Gasteiger partial charge >= 0.3 is 0 Å². The molecule has 1 fully saturated rings. The van der Waals surface area contributed by atoms with Crippen LogP contribution in [-0.4, -0.2) is 36.6 Å². The van der Waals surface area contributed by atoms with Gasteiger partial charge in [0.25, 0.3) is 0 Å². The number of carbonyl (C=O) groups excluding carboxylic acids is 1. The van der Waals surface area contributed by atoms with E-state index < -0.39 is 5.91 Å².